The number of hydrogen-bond acceptors (Lipinski definition) is 7. The summed E-state index contributed by atoms with van der Waals surface area (Å²) in [5.41, 5.74) is 2.08. The zero-order valence-corrected chi connectivity index (χ0v) is 17.5. The molecule has 4 heterocycles. The quantitative estimate of drug-likeness (QED) is 0.694. The van der Waals surface area contributed by atoms with Crippen LogP contribution in [0.5, 0.6) is 17.2 Å². The highest BCUT2D eigenvalue weighted by molar-refractivity contribution is 8.14. The molecule has 0 spiro atoms. The zero-order valence-electron chi connectivity index (χ0n) is 16.7. The Kier molecular flexibility index (Phi) is 4.99. The molecule has 5 rings (SSSR count). The number of pyridine rings is 1. The number of fused-ring (bicyclic) bond motifs is 2. The predicted molar refractivity (Wildman–Crippen MR) is 114 cm³/mol. The molecule has 1 saturated heterocycles. The molecule has 0 bridgehead atoms. The fraction of sp³-hybridized carbons (Fsp3) is 0.455. The van der Waals surface area contributed by atoms with Crippen LogP contribution in [0.3, 0.4) is 0 Å². The van der Waals surface area contributed by atoms with E-state index in [9.17, 15) is 0 Å². The molecule has 1 fully saturated rings. The molecule has 1 aromatic heterocycles. The monoisotopic (exact) mass is 411 g/mol. The second-order valence-corrected chi connectivity index (χ2v) is 8.42. The number of hydrogen-bond donors (Lipinski definition) is 0. The molecule has 0 amide bonds. The number of benzene rings is 1. The van der Waals surface area contributed by atoms with Crippen LogP contribution < -0.4 is 14.2 Å². The highest BCUT2D eigenvalue weighted by Crippen LogP contribution is 2.52. The number of aromatic nitrogens is 1. The Morgan fingerprint density at radius 1 is 1.21 bits per heavy atom. The fourth-order valence-corrected chi connectivity index (χ4v) is 5.53. The summed E-state index contributed by atoms with van der Waals surface area (Å²) >= 11 is 1.84. The molecule has 0 saturated carbocycles. The molecule has 0 radical (unpaired) electrons. The van der Waals surface area contributed by atoms with E-state index in [1.54, 1.807) is 0 Å². The number of nitrogens with zero attached hydrogens (tertiary/aromatic N) is 3. The first kappa shape index (κ1) is 18.6. The summed E-state index contributed by atoms with van der Waals surface area (Å²) in [4.78, 5) is 12.2. The van der Waals surface area contributed by atoms with Crippen molar-refractivity contribution in [3.05, 3.63) is 47.8 Å². The number of ether oxygens (including phenoxy) is 3. The molecule has 0 unspecified atom stereocenters. The van der Waals surface area contributed by atoms with Crippen molar-refractivity contribution < 1.29 is 14.2 Å². The van der Waals surface area contributed by atoms with E-state index < -0.39 is 0 Å². The van der Waals surface area contributed by atoms with Gasteiger partial charge in [0.2, 0.25) is 6.79 Å². The van der Waals surface area contributed by atoms with Gasteiger partial charge >= 0.3 is 0 Å². The fourth-order valence-electron chi connectivity index (χ4n) is 4.19. The molecule has 152 valence electrons. The molecule has 29 heavy (non-hydrogen) atoms. The highest BCUT2D eigenvalue weighted by atomic mass is 32.2. The Morgan fingerprint density at radius 2 is 2.07 bits per heavy atom. The van der Waals surface area contributed by atoms with Crippen LogP contribution in [0, 0.1) is 0 Å². The van der Waals surface area contributed by atoms with Crippen molar-refractivity contribution >= 4 is 16.9 Å². The summed E-state index contributed by atoms with van der Waals surface area (Å²) < 4.78 is 17.5. The van der Waals surface area contributed by atoms with E-state index in [1.165, 1.54) is 0 Å². The van der Waals surface area contributed by atoms with Crippen molar-refractivity contribution in [2.45, 2.75) is 44.8 Å². The van der Waals surface area contributed by atoms with Gasteiger partial charge in [0, 0.05) is 29.6 Å². The standard InChI is InChI=1S/C22H25N3O3S/c1-3-9-26-17-11-19-18(27-13-28-19)10-15(17)21-20(16-7-5-6-8-23-16)24-22-25(21)14(4-2)12-29-22/h5-8,10-11,14,20-21H,3-4,9,12-13H2,1-2H3/t14-,20+,21+/m1/s1. The summed E-state index contributed by atoms with van der Waals surface area (Å²) in [5.74, 6) is 3.44. The van der Waals surface area contributed by atoms with E-state index in [4.69, 9.17) is 19.2 Å². The third-order valence-electron chi connectivity index (χ3n) is 5.61. The van der Waals surface area contributed by atoms with Crippen LogP contribution in [-0.4, -0.2) is 40.2 Å². The van der Waals surface area contributed by atoms with Crippen molar-refractivity contribution in [3.63, 3.8) is 0 Å². The third-order valence-corrected chi connectivity index (χ3v) is 6.74. The smallest absolute Gasteiger partial charge is 0.231 e. The van der Waals surface area contributed by atoms with Crippen LogP contribution in [0.2, 0.25) is 0 Å². The first-order chi connectivity index (χ1) is 14.3. The third kappa shape index (κ3) is 3.21. The molecular weight excluding hydrogens is 386 g/mol. The summed E-state index contributed by atoms with van der Waals surface area (Å²) in [6.45, 7) is 5.27. The van der Waals surface area contributed by atoms with Crippen molar-refractivity contribution in [1.82, 2.24) is 9.88 Å². The lowest BCUT2D eigenvalue weighted by Crippen LogP contribution is -2.35. The van der Waals surface area contributed by atoms with E-state index >= 15 is 0 Å². The van der Waals surface area contributed by atoms with Gasteiger partial charge in [-0.3, -0.25) is 9.98 Å². The maximum absolute atomic E-state index is 6.19. The van der Waals surface area contributed by atoms with Crippen LogP contribution in [-0.2, 0) is 0 Å². The van der Waals surface area contributed by atoms with Gasteiger partial charge in [0.05, 0.1) is 18.3 Å². The summed E-state index contributed by atoms with van der Waals surface area (Å²) in [5, 5.41) is 1.11. The minimum Gasteiger partial charge on any atom is -0.493 e. The van der Waals surface area contributed by atoms with Gasteiger partial charge in [-0.15, -0.1) is 0 Å². The van der Waals surface area contributed by atoms with Crippen LogP contribution in [0.15, 0.2) is 41.5 Å². The Morgan fingerprint density at radius 3 is 2.83 bits per heavy atom. The van der Waals surface area contributed by atoms with Crippen LogP contribution in [0.25, 0.3) is 0 Å². The normalized spacial score (nSPS) is 24.6. The molecule has 1 aromatic carbocycles. The van der Waals surface area contributed by atoms with Gasteiger partial charge in [-0.1, -0.05) is 31.7 Å². The number of aliphatic imine (C=N–C) groups is 1. The average Bonchev–Trinajstić information content (AvgIpc) is 3.46. The summed E-state index contributed by atoms with van der Waals surface area (Å²) in [6, 6.07) is 10.5. The van der Waals surface area contributed by atoms with Gasteiger partial charge in [0.1, 0.15) is 11.8 Å². The second-order valence-electron chi connectivity index (χ2n) is 7.43. The van der Waals surface area contributed by atoms with Gasteiger partial charge in [-0.25, -0.2) is 0 Å². The Balaban J connectivity index is 1.63. The van der Waals surface area contributed by atoms with Crippen molar-refractivity contribution in [3.8, 4) is 17.2 Å². The lowest BCUT2D eigenvalue weighted by Gasteiger charge is -2.33. The lowest BCUT2D eigenvalue weighted by molar-refractivity contribution is 0.173. The maximum atomic E-state index is 6.19. The highest BCUT2D eigenvalue weighted by Gasteiger charge is 2.47. The van der Waals surface area contributed by atoms with E-state index in [0.29, 0.717) is 12.6 Å². The van der Waals surface area contributed by atoms with Crippen LogP contribution >= 0.6 is 11.8 Å². The van der Waals surface area contributed by atoms with Gasteiger partial charge in [0.15, 0.2) is 16.7 Å². The van der Waals surface area contributed by atoms with E-state index in [-0.39, 0.29) is 18.9 Å². The van der Waals surface area contributed by atoms with Gasteiger partial charge in [0.25, 0.3) is 0 Å². The Bertz CT molecular complexity index is 921. The van der Waals surface area contributed by atoms with E-state index in [0.717, 1.165) is 52.3 Å². The summed E-state index contributed by atoms with van der Waals surface area (Å²) in [6.07, 6.45) is 3.86. The first-order valence-electron chi connectivity index (χ1n) is 10.3. The Hall–Kier alpha value is -2.41. The van der Waals surface area contributed by atoms with Crippen molar-refractivity contribution in [2.75, 3.05) is 19.2 Å². The molecule has 2 aromatic rings. The van der Waals surface area contributed by atoms with Gasteiger partial charge in [-0.2, -0.15) is 0 Å². The van der Waals surface area contributed by atoms with Crippen LogP contribution in [0.4, 0.5) is 0 Å². The number of amidine groups is 1. The number of rotatable bonds is 6. The topological polar surface area (TPSA) is 56.2 Å². The molecule has 3 atom stereocenters. The van der Waals surface area contributed by atoms with E-state index in [1.807, 2.05) is 36.2 Å². The lowest BCUT2D eigenvalue weighted by atomic mass is 9.94. The molecule has 3 aliphatic heterocycles. The molecule has 0 aliphatic carbocycles. The molecular formula is C22H25N3O3S. The van der Waals surface area contributed by atoms with Crippen molar-refractivity contribution in [2.24, 2.45) is 4.99 Å². The minimum absolute atomic E-state index is 0.0289. The summed E-state index contributed by atoms with van der Waals surface area (Å²) in [7, 11) is 0. The molecule has 0 N–H and O–H groups in total. The molecule has 6 nitrogen and oxygen atoms in total. The van der Waals surface area contributed by atoms with Gasteiger partial charge in [-0.05, 0) is 31.0 Å². The van der Waals surface area contributed by atoms with E-state index in [2.05, 4.69) is 35.9 Å². The molecule has 3 aliphatic rings. The minimum atomic E-state index is -0.0719. The number of thioether (sulfide) groups is 1. The molecule has 7 heteroatoms. The largest absolute Gasteiger partial charge is 0.493 e. The average molecular weight is 412 g/mol. The van der Waals surface area contributed by atoms with Crippen LogP contribution in [0.1, 0.15) is 50.0 Å². The second kappa shape index (κ2) is 7.78. The predicted octanol–water partition coefficient (Wildman–Crippen LogP) is 4.58. The maximum Gasteiger partial charge on any atom is 0.231 e. The SMILES string of the molecule is CCCOc1cc2c(cc1[C@H]1[C@H](c3ccccn3)N=C3SC[C@@H](CC)N31)OCO2. The Labute approximate surface area is 175 Å². The first-order valence-corrected chi connectivity index (χ1v) is 11.2. The van der Waals surface area contributed by atoms with Crippen molar-refractivity contribution in [1.29, 1.82) is 0 Å². The van der Waals surface area contributed by atoms with Gasteiger partial charge < -0.3 is 19.1 Å². The zero-order chi connectivity index (χ0) is 19.8.